The standard InChI is InChI=1S/C15H28/c1-13(2)10-7-12-14(3,4)8-6-9-15(12,5)11-13/h12H,6-11H2,1-5H3. The molecule has 0 radical (unpaired) electrons. The third kappa shape index (κ3) is 1.97. The minimum absolute atomic E-state index is 0.596. The average molecular weight is 208 g/mol. The molecule has 2 rings (SSSR count). The SMILES string of the molecule is CC1(C)CCC2C(C)(C)CCCC2(C)C1. The molecule has 2 saturated carbocycles. The summed E-state index contributed by atoms with van der Waals surface area (Å²) in [6.07, 6.45) is 8.75. The second-order valence-electron chi connectivity index (χ2n) is 7.93. The highest BCUT2D eigenvalue weighted by Crippen LogP contribution is 2.61. The van der Waals surface area contributed by atoms with Gasteiger partial charge in [0.15, 0.2) is 0 Å². The zero-order chi connectivity index (χ0) is 11.3. The lowest BCUT2D eigenvalue weighted by atomic mass is 9.48. The summed E-state index contributed by atoms with van der Waals surface area (Å²) >= 11 is 0. The molecule has 0 amide bonds. The Labute approximate surface area is 95.8 Å². The van der Waals surface area contributed by atoms with Gasteiger partial charge in [-0.1, -0.05) is 41.0 Å². The maximum Gasteiger partial charge on any atom is -0.0287 e. The van der Waals surface area contributed by atoms with Crippen molar-refractivity contribution in [3.05, 3.63) is 0 Å². The molecule has 2 atom stereocenters. The van der Waals surface area contributed by atoms with E-state index in [2.05, 4.69) is 34.6 Å². The molecular formula is C15H28. The summed E-state index contributed by atoms with van der Waals surface area (Å²) in [5.41, 5.74) is 1.84. The highest BCUT2D eigenvalue weighted by Gasteiger charge is 2.50. The fraction of sp³-hybridized carbons (Fsp3) is 1.00. The summed E-state index contributed by atoms with van der Waals surface area (Å²) < 4.78 is 0. The lowest BCUT2D eigenvalue weighted by Gasteiger charge is -2.57. The molecule has 0 N–H and O–H groups in total. The van der Waals surface area contributed by atoms with Gasteiger partial charge in [-0.15, -0.1) is 0 Å². The Balaban J connectivity index is 2.24. The molecule has 0 saturated heterocycles. The highest BCUT2D eigenvalue weighted by atomic mass is 14.6. The van der Waals surface area contributed by atoms with Crippen LogP contribution in [0.5, 0.6) is 0 Å². The summed E-state index contributed by atoms with van der Waals surface area (Å²) in [7, 11) is 0. The molecular weight excluding hydrogens is 180 g/mol. The minimum atomic E-state index is 0.596. The van der Waals surface area contributed by atoms with Crippen LogP contribution in [-0.2, 0) is 0 Å². The first-order valence-corrected chi connectivity index (χ1v) is 6.75. The lowest BCUT2D eigenvalue weighted by Crippen LogP contribution is -2.47. The second kappa shape index (κ2) is 3.25. The number of rotatable bonds is 0. The van der Waals surface area contributed by atoms with Gasteiger partial charge in [-0.05, 0) is 54.3 Å². The van der Waals surface area contributed by atoms with Crippen LogP contribution in [-0.4, -0.2) is 0 Å². The van der Waals surface area contributed by atoms with E-state index in [0.717, 1.165) is 5.92 Å². The van der Waals surface area contributed by atoms with Crippen molar-refractivity contribution in [2.45, 2.75) is 73.1 Å². The quantitative estimate of drug-likeness (QED) is 0.524. The van der Waals surface area contributed by atoms with Crippen LogP contribution in [0.25, 0.3) is 0 Å². The number of hydrogen-bond acceptors (Lipinski definition) is 0. The van der Waals surface area contributed by atoms with E-state index in [0.29, 0.717) is 16.2 Å². The van der Waals surface area contributed by atoms with Crippen molar-refractivity contribution in [3.8, 4) is 0 Å². The Bertz CT molecular complexity index is 249. The summed E-state index contributed by atoms with van der Waals surface area (Å²) in [5, 5.41) is 0. The molecule has 88 valence electrons. The van der Waals surface area contributed by atoms with E-state index in [-0.39, 0.29) is 0 Å². The molecule has 0 nitrogen and oxygen atoms in total. The molecule has 2 fully saturated rings. The van der Waals surface area contributed by atoms with E-state index in [4.69, 9.17) is 0 Å². The van der Waals surface area contributed by atoms with Crippen molar-refractivity contribution >= 4 is 0 Å². The van der Waals surface area contributed by atoms with Crippen LogP contribution < -0.4 is 0 Å². The summed E-state index contributed by atoms with van der Waals surface area (Å²) in [5.74, 6) is 0.978. The van der Waals surface area contributed by atoms with Gasteiger partial charge in [0.05, 0.1) is 0 Å². The van der Waals surface area contributed by atoms with E-state index < -0.39 is 0 Å². The first kappa shape index (κ1) is 11.5. The molecule has 2 aliphatic carbocycles. The van der Waals surface area contributed by atoms with Crippen molar-refractivity contribution < 1.29 is 0 Å². The normalized spacial score (nSPS) is 43.4. The molecule has 0 heterocycles. The summed E-state index contributed by atoms with van der Waals surface area (Å²) in [6.45, 7) is 12.5. The van der Waals surface area contributed by atoms with E-state index in [9.17, 15) is 0 Å². The third-order valence-corrected chi connectivity index (χ3v) is 5.35. The van der Waals surface area contributed by atoms with Crippen LogP contribution >= 0.6 is 0 Å². The van der Waals surface area contributed by atoms with Crippen LogP contribution in [0.3, 0.4) is 0 Å². The Kier molecular flexibility index (Phi) is 2.48. The van der Waals surface area contributed by atoms with Crippen molar-refractivity contribution in [1.82, 2.24) is 0 Å². The van der Waals surface area contributed by atoms with Crippen molar-refractivity contribution in [2.75, 3.05) is 0 Å². The van der Waals surface area contributed by atoms with Gasteiger partial charge in [-0.25, -0.2) is 0 Å². The van der Waals surface area contributed by atoms with Gasteiger partial charge in [0.25, 0.3) is 0 Å². The van der Waals surface area contributed by atoms with Crippen molar-refractivity contribution in [1.29, 1.82) is 0 Å². The predicted molar refractivity (Wildman–Crippen MR) is 66.9 cm³/mol. The predicted octanol–water partition coefficient (Wildman–Crippen LogP) is 5.03. The van der Waals surface area contributed by atoms with E-state index in [1.165, 1.54) is 38.5 Å². The van der Waals surface area contributed by atoms with Crippen molar-refractivity contribution in [2.24, 2.45) is 22.2 Å². The molecule has 2 aliphatic rings. The largest absolute Gasteiger partial charge is 0.0599 e. The first-order chi connectivity index (χ1) is 6.75. The molecule has 0 spiro atoms. The van der Waals surface area contributed by atoms with Gasteiger partial charge in [-0.3, -0.25) is 0 Å². The molecule has 15 heavy (non-hydrogen) atoms. The summed E-state index contributed by atoms with van der Waals surface area (Å²) in [4.78, 5) is 0. The van der Waals surface area contributed by atoms with Gasteiger partial charge in [0, 0.05) is 0 Å². The maximum absolute atomic E-state index is 2.57. The smallest absolute Gasteiger partial charge is 0.0287 e. The molecule has 0 aliphatic heterocycles. The van der Waals surface area contributed by atoms with Crippen molar-refractivity contribution in [3.63, 3.8) is 0 Å². The molecule has 0 aromatic heterocycles. The first-order valence-electron chi connectivity index (χ1n) is 6.75. The number of fused-ring (bicyclic) bond motifs is 1. The fourth-order valence-corrected chi connectivity index (χ4v) is 4.91. The van der Waals surface area contributed by atoms with Crippen LogP contribution in [0.1, 0.15) is 73.1 Å². The fourth-order valence-electron chi connectivity index (χ4n) is 4.91. The van der Waals surface area contributed by atoms with Gasteiger partial charge < -0.3 is 0 Å². The molecule has 0 heteroatoms. The molecule has 0 aromatic rings. The van der Waals surface area contributed by atoms with Crippen LogP contribution in [0.15, 0.2) is 0 Å². The zero-order valence-corrected chi connectivity index (χ0v) is 11.3. The van der Waals surface area contributed by atoms with Crippen LogP contribution in [0, 0.1) is 22.2 Å². The van der Waals surface area contributed by atoms with Gasteiger partial charge in [-0.2, -0.15) is 0 Å². The Morgan fingerprint density at radius 1 is 0.867 bits per heavy atom. The second-order valence-corrected chi connectivity index (χ2v) is 7.93. The van der Waals surface area contributed by atoms with Gasteiger partial charge in [0.2, 0.25) is 0 Å². The van der Waals surface area contributed by atoms with Crippen LogP contribution in [0.2, 0.25) is 0 Å². The van der Waals surface area contributed by atoms with Crippen LogP contribution in [0.4, 0.5) is 0 Å². The molecule has 0 aromatic carbocycles. The van der Waals surface area contributed by atoms with E-state index in [1.54, 1.807) is 0 Å². The third-order valence-electron chi connectivity index (χ3n) is 5.35. The lowest BCUT2D eigenvalue weighted by molar-refractivity contribution is -0.0699. The summed E-state index contributed by atoms with van der Waals surface area (Å²) in [6, 6.07) is 0. The minimum Gasteiger partial charge on any atom is -0.0599 e. The zero-order valence-electron chi connectivity index (χ0n) is 11.3. The topological polar surface area (TPSA) is 0 Å². The Morgan fingerprint density at radius 3 is 2.20 bits per heavy atom. The average Bonchev–Trinajstić information content (AvgIpc) is 1.98. The van der Waals surface area contributed by atoms with Gasteiger partial charge >= 0.3 is 0 Å². The van der Waals surface area contributed by atoms with E-state index in [1.807, 2.05) is 0 Å². The number of hydrogen-bond donors (Lipinski definition) is 0. The Hall–Kier alpha value is 0. The molecule has 2 unspecified atom stereocenters. The molecule has 0 bridgehead atoms. The Morgan fingerprint density at radius 2 is 1.53 bits per heavy atom. The maximum atomic E-state index is 2.57. The van der Waals surface area contributed by atoms with E-state index >= 15 is 0 Å². The van der Waals surface area contributed by atoms with Gasteiger partial charge in [0.1, 0.15) is 0 Å². The highest BCUT2D eigenvalue weighted by molar-refractivity contribution is 5.01. The monoisotopic (exact) mass is 208 g/mol.